The third-order valence-corrected chi connectivity index (χ3v) is 7.43. The molecule has 0 saturated heterocycles. The van der Waals surface area contributed by atoms with Crippen LogP contribution in [0.4, 0.5) is 0 Å². The molecule has 4 nitrogen and oxygen atoms in total. The van der Waals surface area contributed by atoms with Crippen LogP contribution in [0, 0.1) is 27.7 Å². The maximum absolute atomic E-state index is 11.8. The SMILES string of the molecule is CC1=C(Br)C(=O)CC1.CC1=C(c2c(C)cccc2C)C(=O)CC1.Cc1cccc(C)c1B(O)O. The second kappa shape index (κ2) is 12.4. The van der Waals surface area contributed by atoms with Crippen molar-refractivity contribution in [3.63, 3.8) is 0 Å². The van der Waals surface area contributed by atoms with Gasteiger partial charge in [-0.05, 0) is 92.5 Å². The number of halogens is 1. The number of Topliss-reactive ketones (excluding diaryl/α,β-unsaturated/α-hetero) is 2. The average Bonchev–Trinajstić information content (AvgIpc) is 3.24. The Labute approximate surface area is 212 Å². The molecular formula is C28H34BBrO4. The van der Waals surface area contributed by atoms with Crippen LogP contribution in [0.5, 0.6) is 0 Å². The Balaban J connectivity index is 0.000000190. The summed E-state index contributed by atoms with van der Waals surface area (Å²) in [5, 5.41) is 17.9. The largest absolute Gasteiger partial charge is 0.488 e. The van der Waals surface area contributed by atoms with Crippen LogP contribution in [0.15, 0.2) is 52.0 Å². The summed E-state index contributed by atoms with van der Waals surface area (Å²) in [4.78, 5) is 22.5. The molecule has 0 aliphatic heterocycles. The molecule has 0 bridgehead atoms. The van der Waals surface area contributed by atoms with Crippen molar-refractivity contribution < 1.29 is 19.6 Å². The fourth-order valence-corrected chi connectivity index (χ4v) is 4.74. The first kappa shape index (κ1) is 28.0. The number of aryl methyl sites for hydroxylation is 4. The lowest BCUT2D eigenvalue weighted by molar-refractivity contribution is -0.114. The lowest BCUT2D eigenvalue weighted by Gasteiger charge is -2.10. The summed E-state index contributed by atoms with van der Waals surface area (Å²) < 4.78 is 0.803. The first-order valence-electron chi connectivity index (χ1n) is 11.6. The van der Waals surface area contributed by atoms with Gasteiger partial charge in [0.25, 0.3) is 0 Å². The fraction of sp³-hybridized carbons (Fsp3) is 0.357. The van der Waals surface area contributed by atoms with E-state index in [-0.39, 0.29) is 5.78 Å². The summed E-state index contributed by atoms with van der Waals surface area (Å²) in [5.41, 5.74) is 9.45. The van der Waals surface area contributed by atoms with Crippen molar-refractivity contribution in [1.82, 2.24) is 0 Å². The van der Waals surface area contributed by atoms with Gasteiger partial charge in [-0.25, -0.2) is 0 Å². The zero-order valence-electron chi connectivity index (χ0n) is 21.0. The van der Waals surface area contributed by atoms with E-state index in [1.165, 1.54) is 22.3 Å². The number of ketones is 2. The minimum atomic E-state index is -1.35. The molecule has 4 rings (SSSR count). The normalized spacial score (nSPS) is 15.2. The third-order valence-electron chi connectivity index (χ3n) is 6.31. The van der Waals surface area contributed by atoms with E-state index in [1.807, 2.05) is 45.0 Å². The first-order chi connectivity index (χ1) is 16.0. The first-order valence-corrected chi connectivity index (χ1v) is 12.3. The quantitative estimate of drug-likeness (QED) is 0.513. The van der Waals surface area contributed by atoms with E-state index < -0.39 is 7.12 Å². The zero-order valence-corrected chi connectivity index (χ0v) is 22.5. The molecule has 2 aliphatic carbocycles. The maximum Gasteiger partial charge on any atom is 0.488 e. The van der Waals surface area contributed by atoms with Crippen LogP contribution < -0.4 is 5.46 Å². The van der Waals surface area contributed by atoms with Gasteiger partial charge in [0.15, 0.2) is 11.6 Å². The van der Waals surface area contributed by atoms with E-state index in [2.05, 4.69) is 48.8 Å². The van der Waals surface area contributed by atoms with Crippen LogP contribution in [-0.4, -0.2) is 28.7 Å². The Bertz CT molecular complexity index is 1100. The molecule has 180 valence electrons. The lowest BCUT2D eigenvalue weighted by Crippen LogP contribution is -2.34. The van der Waals surface area contributed by atoms with Crippen molar-refractivity contribution in [1.29, 1.82) is 0 Å². The van der Waals surface area contributed by atoms with Crippen molar-refractivity contribution >= 4 is 45.7 Å². The average molecular weight is 525 g/mol. The Morgan fingerprint density at radius 2 is 1.12 bits per heavy atom. The molecule has 0 heterocycles. The molecule has 0 aromatic heterocycles. The van der Waals surface area contributed by atoms with Gasteiger partial charge < -0.3 is 10.0 Å². The molecule has 2 N–H and O–H groups in total. The number of hydrogen-bond donors (Lipinski definition) is 2. The monoisotopic (exact) mass is 524 g/mol. The number of allylic oxidation sites excluding steroid dienone is 4. The molecule has 0 saturated carbocycles. The minimum Gasteiger partial charge on any atom is -0.423 e. The topological polar surface area (TPSA) is 74.6 Å². The zero-order chi connectivity index (χ0) is 25.6. The molecular weight excluding hydrogens is 491 g/mol. The van der Waals surface area contributed by atoms with E-state index >= 15 is 0 Å². The van der Waals surface area contributed by atoms with Crippen molar-refractivity contribution in [2.45, 2.75) is 67.2 Å². The van der Waals surface area contributed by atoms with E-state index in [0.29, 0.717) is 24.1 Å². The predicted molar refractivity (Wildman–Crippen MR) is 144 cm³/mol. The number of carbonyl (C=O) groups excluding carboxylic acids is 2. The summed E-state index contributed by atoms with van der Waals surface area (Å²) in [6.07, 6.45) is 3.27. The molecule has 0 atom stereocenters. The number of carbonyl (C=O) groups is 2. The van der Waals surface area contributed by atoms with Gasteiger partial charge in [-0.1, -0.05) is 58.7 Å². The van der Waals surface area contributed by atoms with Gasteiger partial charge in [0, 0.05) is 18.4 Å². The molecule has 0 amide bonds. The van der Waals surface area contributed by atoms with Gasteiger partial charge >= 0.3 is 7.12 Å². The Morgan fingerprint density at radius 3 is 1.41 bits per heavy atom. The Morgan fingerprint density at radius 1 is 0.676 bits per heavy atom. The van der Waals surface area contributed by atoms with Crippen LogP contribution >= 0.6 is 15.9 Å². The summed E-state index contributed by atoms with van der Waals surface area (Å²) in [7, 11) is -1.35. The Kier molecular flexibility index (Phi) is 10.2. The van der Waals surface area contributed by atoms with Crippen molar-refractivity contribution in [2.24, 2.45) is 0 Å². The molecule has 0 unspecified atom stereocenters. The van der Waals surface area contributed by atoms with Crippen molar-refractivity contribution in [2.75, 3.05) is 0 Å². The Hall–Kier alpha value is -2.28. The summed E-state index contributed by atoms with van der Waals surface area (Å²) in [6.45, 7) is 11.9. The number of rotatable bonds is 2. The van der Waals surface area contributed by atoms with Gasteiger partial charge in [-0.3, -0.25) is 9.59 Å². The van der Waals surface area contributed by atoms with E-state index in [4.69, 9.17) is 10.0 Å². The summed E-state index contributed by atoms with van der Waals surface area (Å²) in [6, 6.07) is 11.8. The number of hydrogen-bond acceptors (Lipinski definition) is 4. The minimum absolute atomic E-state index is 0.252. The summed E-state index contributed by atoms with van der Waals surface area (Å²) >= 11 is 3.20. The van der Waals surface area contributed by atoms with Crippen molar-refractivity contribution in [3.05, 3.63) is 79.8 Å². The lowest BCUT2D eigenvalue weighted by atomic mass is 9.74. The van der Waals surface area contributed by atoms with Gasteiger partial charge in [-0.15, -0.1) is 0 Å². The second-order valence-electron chi connectivity index (χ2n) is 9.04. The summed E-state index contributed by atoms with van der Waals surface area (Å²) in [5.74, 6) is 0.562. The van der Waals surface area contributed by atoms with E-state index in [9.17, 15) is 9.59 Å². The van der Waals surface area contributed by atoms with Crippen LogP contribution in [0.3, 0.4) is 0 Å². The molecule has 0 spiro atoms. The number of benzene rings is 2. The van der Waals surface area contributed by atoms with Crippen LogP contribution in [0.2, 0.25) is 0 Å². The highest BCUT2D eigenvalue weighted by atomic mass is 79.9. The highest BCUT2D eigenvalue weighted by molar-refractivity contribution is 9.12. The van der Waals surface area contributed by atoms with Gasteiger partial charge in [-0.2, -0.15) is 0 Å². The molecule has 0 radical (unpaired) electrons. The molecule has 6 heteroatoms. The standard InChI is InChI=1S/C14H16O.C8H11BO2.C6H7BrO/c1-9-5-4-6-10(2)13(9)14-11(3)7-8-12(14)15;1-6-4-3-5-7(2)8(6)9(10)11;1-4-2-3-5(8)6(4)7/h4-6H,7-8H2,1-3H3;3-5,10-11H,1-2H3;2-3H2,1H3. The van der Waals surface area contributed by atoms with Crippen molar-refractivity contribution in [3.8, 4) is 0 Å². The molecule has 2 aliphatic rings. The maximum atomic E-state index is 11.8. The molecule has 34 heavy (non-hydrogen) atoms. The van der Waals surface area contributed by atoms with Gasteiger partial charge in [0.1, 0.15) is 0 Å². The third kappa shape index (κ3) is 6.88. The highest BCUT2D eigenvalue weighted by Gasteiger charge is 2.23. The molecule has 2 aromatic rings. The predicted octanol–water partition coefficient (Wildman–Crippen LogP) is 5.44. The van der Waals surface area contributed by atoms with Gasteiger partial charge in [0.05, 0.1) is 4.48 Å². The van der Waals surface area contributed by atoms with Crippen LogP contribution in [0.1, 0.15) is 67.3 Å². The van der Waals surface area contributed by atoms with E-state index in [0.717, 1.165) is 39.6 Å². The van der Waals surface area contributed by atoms with Gasteiger partial charge in [0.2, 0.25) is 0 Å². The van der Waals surface area contributed by atoms with Crippen LogP contribution in [-0.2, 0) is 9.59 Å². The molecule has 2 aromatic carbocycles. The van der Waals surface area contributed by atoms with E-state index in [1.54, 1.807) is 0 Å². The second-order valence-corrected chi connectivity index (χ2v) is 9.83. The smallest absolute Gasteiger partial charge is 0.423 e. The molecule has 0 fully saturated rings. The van der Waals surface area contributed by atoms with Crippen LogP contribution in [0.25, 0.3) is 5.57 Å². The highest BCUT2D eigenvalue weighted by Crippen LogP contribution is 2.34. The fourth-order valence-electron chi connectivity index (χ4n) is 4.34.